The third-order valence-electron chi connectivity index (χ3n) is 6.03. The Morgan fingerprint density at radius 3 is 2.40 bits per heavy atom. The van der Waals surface area contributed by atoms with Gasteiger partial charge in [0.1, 0.15) is 23.9 Å². The average molecular weight is 509 g/mol. The highest BCUT2D eigenvalue weighted by Crippen LogP contribution is 2.20. The summed E-state index contributed by atoms with van der Waals surface area (Å²) in [7, 11) is 0. The molecule has 1 aliphatic rings. The Morgan fingerprint density at radius 1 is 1.17 bits per heavy atom. The summed E-state index contributed by atoms with van der Waals surface area (Å²) in [4.78, 5) is 52.1. The van der Waals surface area contributed by atoms with E-state index in [-0.39, 0.29) is 24.0 Å². The van der Waals surface area contributed by atoms with Crippen molar-refractivity contribution in [3.8, 4) is 5.75 Å². The molecule has 1 saturated heterocycles. The minimum Gasteiger partial charge on any atom is -0.508 e. The lowest BCUT2D eigenvalue weighted by Gasteiger charge is -2.29. The first-order valence-corrected chi connectivity index (χ1v) is 13.1. The molecule has 1 aromatic carbocycles. The number of carbonyl (C=O) groups is 4. The molecule has 1 aliphatic heterocycles. The second-order valence-electron chi connectivity index (χ2n) is 9.08. The zero-order valence-electron chi connectivity index (χ0n) is 20.4. The van der Waals surface area contributed by atoms with Crippen LogP contribution >= 0.6 is 11.8 Å². The molecule has 0 spiro atoms. The Hall–Kier alpha value is -2.79. The molecular formula is C24H36N4O6S. The molecular weight excluding hydrogens is 472 g/mol. The van der Waals surface area contributed by atoms with Crippen molar-refractivity contribution in [2.24, 2.45) is 11.7 Å². The van der Waals surface area contributed by atoms with Crippen molar-refractivity contribution < 1.29 is 29.4 Å². The molecule has 0 bridgehead atoms. The number of nitrogens with one attached hydrogen (secondary N) is 2. The second kappa shape index (κ2) is 13.3. The van der Waals surface area contributed by atoms with Gasteiger partial charge in [0.05, 0.1) is 6.04 Å². The van der Waals surface area contributed by atoms with Gasteiger partial charge in [-0.25, -0.2) is 4.79 Å². The molecule has 1 aromatic rings. The lowest BCUT2D eigenvalue weighted by Crippen LogP contribution is -2.58. The number of carbonyl (C=O) groups excluding carboxylic acids is 3. The molecule has 0 saturated carbocycles. The first-order chi connectivity index (χ1) is 16.5. The number of aromatic hydroxyl groups is 1. The summed E-state index contributed by atoms with van der Waals surface area (Å²) < 4.78 is 0. The van der Waals surface area contributed by atoms with Gasteiger partial charge in [-0.05, 0) is 54.9 Å². The predicted molar refractivity (Wildman–Crippen MR) is 134 cm³/mol. The Bertz CT molecular complexity index is 895. The molecule has 0 radical (unpaired) electrons. The van der Waals surface area contributed by atoms with Gasteiger partial charge in [-0.1, -0.05) is 26.0 Å². The van der Waals surface area contributed by atoms with Gasteiger partial charge in [-0.3, -0.25) is 14.4 Å². The van der Waals surface area contributed by atoms with E-state index in [0.29, 0.717) is 31.4 Å². The maximum absolute atomic E-state index is 13.1. The lowest BCUT2D eigenvalue weighted by molar-refractivity contribution is -0.143. The van der Waals surface area contributed by atoms with E-state index in [1.54, 1.807) is 37.7 Å². The third-order valence-corrected chi connectivity index (χ3v) is 6.67. The molecule has 11 heteroatoms. The Balaban J connectivity index is 2.06. The van der Waals surface area contributed by atoms with Crippen LogP contribution in [-0.4, -0.2) is 81.5 Å². The Morgan fingerprint density at radius 2 is 1.83 bits per heavy atom. The number of hydrogen-bond acceptors (Lipinski definition) is 7. The molecule has 4 unspecified atom stereocenters. The summed E-state index contributed by atoms with van der Waals surface area (Å²) >= 11 is 1.59. The highest BCUT2D eigenvalue weighted by atomic mass is 32.2. The van der Waals surface area contributed by atoms with Crippen molar-refractivity contribution in [2.45, 2.75) is 63.7 Å². The Labute approximate surface area is 210 Å². The van der Waals surface area contributed by atoms with Crippen LogP contribution in [0.1, 0.15) is 38.7 Å². The molecule has 1 fully saturated rings. The van der Waals surface area contributed by atoms with E-state index >= 15 is 0 Å². The topological polar surface area (TPSA) is 162 Å². The van der Waals surface area contributed by atoms with Gasteiger partial charge in [0.25, 0.3) is 0 Å². The number of nitrogens with two attached hydrogens (primary N) is 1. The highest BCUT2D eigenvalue weighted by Gasteiger charge is 2.38. The van der Waals surface area contributed by atoms with Gasteiger partial charge in [-0.15, -0.1) is 0 Å². The molecule has 0 aliphatic carbocycles. The third kappa shape index (κ3) is 8.14. The van der Waals surface area contributed by atoms with E-state index in [4.69, 9.17) is 5.73 Å². The lowest BCUT2D eigenvalue weighted by atomic mass is 10.0. The number of nitrogens with zero attached hydrogens (tertiary/aromatic N) is 1. The van der Waals surface area contributed by atoms with Crippen molar-refractivity contribution in [3.05, 3.63) is 29.8 Å². The number of hydrogen-bond donors (Lipinski definition) is 5. The molecule has 0 aromatic heterocycles. The molecule has 6 N–H and O–H groups in total. The van der Waals surface area contributed by atoms with E-state index in [0.717, 1.165) is 5.75 Å². The summed E-state index contributed by atoms with van der Waals surface area (Å²) in [5.41, 5.74) is 6.65. The van der Waals surface area contributed by atoms with Gasteiger partial charge < -0.3 is 31.5 Å². The number of phenols is 1. The molecule has 4 atom stereocenters. The fraction of sp³-hybridized carbons (Fsp3) is 0.583. The van der Waals surface area contributed by atoms with Gasteiger partial charge in [0, 0.05) is 13.0 Å². The number of carboxylic acid groups (broad SMARTS) is 1. The molecule has 3 amide bonds. The fourth-order valence-electron chi connectivity index (χ4n) is 4.00. The van der Waals surface area contributed by atoms with Crippen LogP contribution in [0.25, 0.3) is 0 Å². The van der Waals surface area contributed by atoms with Gasteiger partial charge in [-0.2, -0.15) is 11.8 Å². The molecule has 10 nitrogen and oxygen atoms in total. The number of benzene rings is 1. The SMILES string of the molecule is CSCCC(N)C(=O)N1CCCC1C(=O)NC(C(=O)NC(Cc1ccc(O)cc1)C(=O)O)C(C)C. The zero-order valence-corrected chi connectivity index (χ0v) is 21.2. The van der Waals surface area contributed by atoms with Crippen LogP contribution in [-0.2, 0) is 25.6 Å². The van der Waals surface area contributed by atoms with Crippen LogP contribution in [0, 0.1) is 5.92 Å². The van der Waals surface area contributed by atoms with E-state index in [9.17, 15) is 29.4 Å². The molecule has 2 rings (SSSR count). The number of thioether (sulfide) groups is 1. The first-order valence-electron chi connectivity index (χ1n) is 11.7. The van der Waals surface area contributed by atoms with E-state index in [1.807, 2.05) is 6.26 Å². The van der Waals surface area contributed by atoms with Crippen LogP contribution in [0.4, 0.5) is 0 Å². The average Bonchev–Trinajstić information content (AvgIpc) is 3.30. The number of aliphatic carboxylic acids is 1. The van der Waals surface area contributed by atoms with Crippen molar-refractivity contribution in [2.75, 3.05) is 18.6 Å². The number of phenolic OH excluding ortho intramolecular Hbond substituents is 1. The molecule has 1 heterocycles. The van der Waals surface area contributed by atoms with Crippen LogP contribution in [0.5, 0.6) is 5.75 Å². The van der Waals surface area contributed by atoms with Crippen molar-refractivity contribution in [3.63, 3.8) is 0 Å². The Kier molecular flexibility index (Phi) is 10.8. The monoisotopic (exact) mass is 508 g/mol. The van der Waals surface area contributed by atoms with Crippen molar-refractivity contribution >= 4 is 35.5 Å². The minimum atomic E-state index is -1.22. The van der Waals surface area contributed by atoms with E-state index in [1.165, 1.54) is 17.0 Å². The smallest absolute Gasteiger partial charge is 0.326 e. The second-order valence-corrected chi connectivity index (χ2v) is 10.1. The summed E-state index contributed by atoms with van der Waals surface area (Å²) in [6, 6.07) is 2.43. The quantitative estimate of drug-likeness (QED) is 0.276. The van der Waals surface area contributed by atoms with E-state index in [2.05, 4.69) is 10.6 Å². The van der Waals surface area contributed by atoms with Crippen LogP contribution < -0.4 is 16.4 Å². The number of carboxylic acids is 1. The first kappa shape index (κ1) is 28.4. The predicted octanol–water partition coefficient (Wildman–Crippen LogP) is 0.716. The van der Waals surface area contributed by atoms with Gasteiger partial charge in [0.2, 0.25) is 17.7 Å². The summed E-state index contributed by atoms with van der Waals surface area (Å²) in [6.45, 7) is 3.92. The number of rotatable bonds is 12. The van der Waals surface area contributed by atoms with E-state index < -0.39 is 42.0 Å². The highest BCUT2D eigenvalue weighted by molar-refractivity contribution is 7.98. The normalized spacial score (nSPS) is 18.1. The van der Waals surface area contributed by atoms with Gasteiger partial charge in [0.15, 0.2) is 0 Å². The van der Waals surface area contributed by atoms with Crippen LogP contribution in [0.2, 0.25) is 0 Å². The van der Waals surface area contributed by atoms with Crippen LogP contribution in [0.3, 0.4) is 0 Å². The summed E-state index contributed by atoms with van der Waals surface area (Å²) in [6.07, 6.45) is 3.58. The maximum Gasteiger partial charge on any atom is 0.326 e. The molecule has 194 valence electrons. The molecule has 35 heavy (non-hydrogen) atoms. The largest absolute Gasteiger partial charge is 0.508 e. The summed E-state index contributed by atoms with van der Waals surface area (Å²) in [5.74, 6) is -2.09. The number of likely N-dealkylation sites (tertiary alicyclic amines) is 1. The standard InChI is InChI=1S/C24H36N4O6S/c1-14(2)20(22(31)26-18(24(33)34)13-15-6-8-16(29)9-7-15)27-21(30)19-5-4-11-28(19)23(32)17(25)10-12-35-3/h6-9,14,17-20,29H,4-5,10-13,25H2,1-3H3,(H,26,31)(H,27,30)(H,33,34). The zero-order chi connectivity index (χ0) is 26.1. The van der Waals surface area contributed by atoms with Crippen molar-refractivity contribution in [1.82, 2.24) is 15.5 Å². The van der Waals surface area contributed by atoms with Gasteiger partial charge >= 0.3 is 5.97 Å². The fourth-order valence-corrected chi connectivity index (χ4v) is 4.49. The van der Waals surface area contributed by atoms with Crippen LogP contribution in [0.15, 0.2) is 24.3 Å². The number of amides is 3. The summed E-state index contributed by atoms with van der Waals surface area (Å²) in [5, 5.41) is 24.3. The minimum absolute atomic E-state index is 0.0129. The maximum atomic E-state index is 13.1. The van der Waals surface area contributed by atoms with Crippen molar-refractivity contribution in [1.29, 1.82) is 0 Å².